The van der Waals surface area contributed by atoms with E-state index in [0.29, 0.717) is 17.9 Å². The van der Waals surface area contributed by atoms with Gasteiger partial charge in [0.1, 0.15) is 11.5 Å². The fourth-order valence-corrected chi connectivity index (χ4v) is 4.09. The molecule has 0 radical (unpaired) electrons. The van der Waals surface area contributed by atoms with Crippen molar-refractivity contribution in [1.82, 2.24) is 5.32 Å². The van der Waals surface area contributed by atoms with Crippen molar-refractivity contribution in [3.05, 3.63) is 77.4 Å². The first-order valence-corrected chi connectivity index (χ1v) is 13.5. The predicted octanol–water partition coefficient (Wildman–Crippen LogP) is 6.87. The number of rotatable bonds is 9. The van der Waals surface area contributed by atoms with E-state index in [0.717, 1.165) is 11.4 Å². The van der Waals surface area contributed by atoms with Crippen LogP contribution in [0.2, 0.25) is 0 Å². The monoisotopic (exact) mass is 536 g/mol. The summed E-state index contributed by atoms with van der Waals surface area (Å²) < 4.78 is 5.96. The van der Waals surface area contributed by atoms with E-state index in [2.05, 4.69) is 43.5 Å². The van der Waals surface area contributed by atoms with Crippen LogP contribution >= 0.6 is 0 Å². The van der Waals surface area contributed by atoms with Gasteiger partial charge in [-0.15, -0.1) is 0 Å². The molecule has 2 aromatic rings. The number of aliphatic carboxylic acids is 2. The van der Waals surface area contributed by atoms with Gasteiger partial charge in [-0.1, -0.05) is 58.9 Å². The van der Waals surface area contributed by atoms with E-state index >= 15 is 0 Å². The molecule has 0 aromatic heterocycles. The smallest absolute Gasteiger partial charge is 0.335 e. The van der Waals surface area contributed by atoms with E-state index in [1.807, 2.05) is 71.0 Å². The lowest BCUT2D eigenvalue weighted by Crippen LogP contribution is -2.42. The van der Waals surface area contributed by atoms with Gasteiger partial charge in [0.05, 0.1) is 11.5 Å². The Bertz CT molecular complexity index is 1170. The molecule has 2 aromatic carbocycles. The molecule has 0 saturated carbocycles. The summed E-state index contributed by atoms with van der Waals surface area (Å²) >= 11 is 0. The number of anilines is 1. The molecule has 7 nitrogen and oxygen atoms in total. The maximum atomic E-state index is 11.9. The number of ether oxygens (including phenoxy) is 1. The quantitative estimate of drug-likeness (QED) is 0.277. The van der Waals surface area contributed by atoms with Crippen molar-refractivity contribution >= 4 is 17.6 Å². The zero-order chi connectivity index (χ0) is 29.4. The Morgan fingerprint density at radius 1 is 0.846 bits per heavy atom. The number of carbonyl (C=O) groups is 2. The van der Waals surface area contributed by atoms with Crippen molar-refractivity contribution in [3.63, 3.8) is 0 Å². The molecule has 212 valence electrons. The average molecular weight is 537 g/mol. The van der Waals surface area contributed by atoms with Crippen LogP contribution in [0.5, 0.6) is 11.5 Å². The first-order chi connectivity index (χ1) is 18.2. The number of nitrogens with one attached hydrogen (secondary N) is 2. The van der Waals surface area contributed by atoms with E-state index in [1.54, 1.807) is 6.08 Å². The van der Waals surface area contributed by atoms with Crippen LogP contribution in [0.3, 0.4) is 0 Å². The lowest BCUT2D eigenvalue weighted by molar-refractivity contribution is -0.141. The zero-order valence-electron chi connectivity index (χ0n) is 24.5. The molecule has 3 rings (SSSR count). The van der Waals surface area contributed by atoms with Gasteiger partial charge in [-0.25, -0.2) is 4.79 Å². The van der Waals surface area contributed by atoms with Gasteiger partial charge in [0.15, 0.2) is 0 Å². The molecule has 7 heteroatoms. The molecule has 2 unspecified atom stereocenters. The average Bonchev–Trinajstić information content (AvgIpc) is 2.87. The number of hydrogen-bond donors (Lipinski definition) is 4. The normalized spacial score (nSPS) is 17.2. The summed E-state index contributed by atoms with van der Waals surface area (Å²) in [6.45, 7) is 17.2. The minimum atomic E-state index is -1.14. The van der Waals surface area contributed by atoms with E-state index < -0.39 is 17.9 Å². The van der Waals surface area contributed by atoms with Crippen LogP contribution in [0.4, 0.5) is 5.69 Å². The zero-order valence-corrected chi connectivity index (χ0v) is 24.5. The van der Waals surface area contributed by atoms with E-state index in [9.17, 15) is 19.8 Å². The summed E-state index contributed by atoms with van der Waals surface area (Å²) in [4.78, 5) is 23.7. The van der Waals surface area contributed by atoms with E-state index in [-0.39, 0.29) is 29.0 Å². The Hall–Kier alpha value is -3.58. The summed E-state index contributed by atoms with van der Waals surface area (Å²) in [7, 11) is 0. The number of benzene rings is 2. The molecule has 4 N–H and O–H groups in total. The van der Waals surface area contributed by atoms with Crippen LogP contribution in [0, 0.1) is 11.8 Å². The predicted molar refractivity (Wildman–Crippen MR) is 158 cm³/mol. The van der Waals surface area contributed by atoms with Crippen LogP contribution in [-0.2, 0) is 15.0 Å². The van der Waals surface area contributed by atoms with Crippen molar-refractivity contribution in [3.8, 4) is 11.5 Å². The van der Waals surface area contributed by atoms with Crippen molar-refractivity contribution in [2.24, 2.45) is 11.8 Å². The Morgan fingerprint density at radius 2 is 1.38 bits per heavy atom. The van der Waals surface area contributed by atoms with Gasteiger partial charge < -0.3 is 25.6 Å². The number of carboxylic acids is 2. The third-order valence-electron chi connectivity index (χ3n) is 6.25. The largest absolute Gasteiger partial charge is 0.481 e. The molecule has 2 atom stereocenters. The minimum absolute atomic E-state index is 0.0190. The van der Waals surface area contributed by atoms with Gasteiger partial charge in [-0.3, -0.25) is 4.79 Å². The van der Waals surface area contributed by atoms with E-state index in [4.69, 9.17) is 4.74 Å². The highest BCUT2D eigenvalue weighted by Crippen LogP contribution is 2.30. The topological polar surface area (TPSA) is 108 Å². The third kappa shape index (κ3) is 9.59. The molecule has 0 saturated heterocycles. The summed E-state index contributed by atoms with van der Waals surface area (Å²) in [5.41, 5.74) is 2.50. The highest BCUT2D eigenvalue weighted by Gasteiger charge is 2.32. The first-order valence-electron chi connectivity index (χ1n) is 13.5. The Balaban J connectivity index is 0.00000260. The SMILES string of the molecule is CC.CC(C)(C)NCC1C=C(CNc2ccc(Oc3ccc(C(C)(C)C)cc3)cc2)C(C(=O)O)=CC1C(=O)O. The molecule has 0 aliphatic heterocycles. The molecule has 0 amide bonds. The summed E-state index contributed by atoms with van der Waals surface area (Å²) in [6.07, 6.45) is 3.13. The third-order valence-corrected chi connectivity index (χ3v) is 6.25. The summed E-state index contributed by atoms with van der Waals surface area (Å²) in [5.74, 6) is -2.00. The first kappa shape index (κ1) is 31.6. The highest BCUT2D eigenvalue weighted by atomic mass is 16.5. The maximum absolute atomic E-state index is 11.9. The molecule has 39 heavy (non-hydrogen) atoms. The van der Waals surface area contributed by atoms with Crippen molar-refractivity contribution in [2.75, 3.05) is 18.4 Å². The highest BCUT2D eigenvalue weighted by molar-refractivity contribution is 5.94. The van der Waals surface area contributed by atoms with Crippen LogP contribution < -0.4 is 15.4 Å². The summed E-state index contributed by atoms with van der Waals surface area (Å²) in [6, 6.07) is 15.5. The Morgan fingerprint density at radius 3 is 1.85 bits per heavy atom. The molecule has 0 bridgehead atoms. The van der Waals surface area contributed by atoms with Gasteiger partial charge in [-0.05, 0) is 73.7 Å². The number of hydrogen-bond acceptors (Lipinski definition) is 5. The van der Waals surface area contributed by atoms with Crippen molar-refractivity contribution in [2.45, 2.75) is 66.3 Å². The second kappa shape index (κ2) is 13.5. The fraction of sp³-hybridized carbons (Fsp3) is 0.438. The minimum Gasteiger partial charge on any atom is -0.481 e. The Labute approximate surface area is 233 Å². The van der Waals surface area contributed by atoms with Gasteiger partial charge in [-0.2, -0.15) is 0 Å². The summed E-state index contributed by atoms with van der Waals surface area (Å²) in [5, 5.41) is 26.0. The molecule has 1 aliphatic rings. The van der Waals surface area contributed by atoms with Crippen LogP contribution in [-0.4, -0.2) is 40.8 Å². The number of carboxylic acid groups (broad SMARTS) is 2. The van der Waals surface area contributed by atoms with Gasteiger partial charge >= 0.3 is 11.9 Å². The van der Waals surface area contributed by atoms with Gasteiger partial charge in [0, 0.05) is 30.2 Å². The lowest BCUT2D eigenvalue weighted by Gasteiger charge is -2.29. The van der Waals surface area contributed by atoms with Crippen molar-refractivity contribution < 1.29 is 24.5 Å². The van der Waals surface area contributed by atoms with E-state index in [1.165, 1.54) is 11.6 Å². The van der Waals surface area contributed by atoms with Crippen molar-refractivity contribution in [1.29, 1.82) is 0 Å². The van der Waals surface area contributed by atoms with Crippen LogP contribution in [0.1, 0.15) is 61.0 Å². The second-order valence-corrected chi connectivity index (χ2v) is 11.5. The molecule has 0 spiro atoms. The van der Waals surface area contributed by atoms with Gasteiger partial charge in [0.2, 0.25) is 0 Å². The standard InChI is InChI=1S/C30H38N2O5.C2H6/c1-29(2,3)21-7-11-23(12-8-21)37-24-13-9-22(10-14-24)31-17-19-15-20(18-32-30(4,5)6)26(28(35)36)16-25(19)27(33)34;1-2/h7-16,20,26,31-32H,17-18H2,1-6H3,(H,33,34)(H,35,36);1-2H3. The van der Waals surface area contributed by atoms with Crippen LogP contribution in [0.15, 0.2) is 71.8 Å². The maximum Gasteiger partial charge on any atom is 0.335 e. The fourth-order valence-electron chi connectivity index (χ4n) is 4.09. The Kier molecular flexibility index (Phi) is 10.9. The van der Waals surface area contributed by atoms with Gasteiger partial charge in [0.25, 0.3) is 0 Å². The second-order valence-electron chi connectivity index (χ2n) is 11.5. The molecular formula is C32H44N2O5. The molecular weight excluding hydrogens is 492 g/mol. The molecule has 0 heterocycles. The lowest BCUT2D eigenvalue weighted by atomic mass is 9.81. The van der Waals surface area contributed by atoms with Crippen LogP contribution in [0.25, 0.3) is 0 Å². The molecule has 1 aliphatic carbocycles. The molecule has 0 fully saturated rings.